The molecule has 0 unspecified atom stereocenters. The van der Waals surface area contributed by atoms with Crippen molar-refractivity contribution < 1.29 is 4.42 Å². The van der Waals surface area contributed by atoms with Gasteiger partial charge in [0.25, 0.3) is 0 Å². The van der Waals surface area contributed by atoms with Crippen molar-refractivity contribution in [3.05, 3.63) is 164 Å². The van der Waals surface area contributed by atoms with Gasteiger partial charge in [-0.25, -0.2) is 15.0 Å². The predicted molar refractivity (Wildman–Crippen MR) is 201 cm³/mol. The highest BCUT2D eigenvalue weighted by molar-refractivity contribution is 6.15. The fraction of sp³-hybridized carbons (Fsp3) is 0. The second kappa shape index (κ2) is 11.0. The molecule has 2 aromatic heterocycles. The lowest BCUT2D eigenvalue weighted by molar-refractivity contribution is 0.669. The van der Waals surface area contributed by atoms with Gasteiger partial charge < -0.3 is 4.42 Å². The third-order valence-electron chi connectivity index (χ3n) is 9.50. The molecule has 4 heteroatoms. The van der Waals surface area contributed by atoms with Crippen LogP contribution in [0.25, 0.3) is 99.5 Å². The maximum atomic E-state index is 6.27. The molecule has 0 N–H and O–H groups in total. The van der Waals surface area contributed by atoms with Gasteiger partial charge in [-0.1, -0.05) is 133 Å². The maximum absolute atomic E-state index is 6.27. The fourth-order valence-electron chi connectivity index (χ4n) is 7.13. The molecule has 0 atom stereocenters. The molecule has 0 bridgehead atoms. The van der Waals surface area contributed by atoms with E-state index in [-0.39, 0.29) is 0 Å². The summed E-state index contributed by atoms with van der Waals surface area (Å²) < 4.78 is 6.27. The molecular weight excluding hydrogens is 599 g/mol. The van der Waals surface area contributed by atoms with Crippen molar-refractivity contribution in [2.45, 2.75) is 0 Å². The molecular formula is C45H27N3O. The Morgan fingerprint density at radius 1 is 0.327 bits per heavy atom. The van der Waals surface area contributed by atoms with Gasteiger partial charge >= 0.3 is 0 Å². The summed E-state index contributed by atoms with van der Waals surface area (Å²) in [5.41, 5.74) is 6.83. The van der Waals surface area contributed by atoms with E-state index in [1.54, 1.807) is 0 Å². The van der Waals surface area contributed by atoms with Crippen LogP contribution in [-0.4, -0.2) is 15.0 Å². The zero-order valence-corrected chi connectivity index (χ0v) is 26.3. The lowest BCUT2D eigenvalue weighted by Gasteiger charge is -2.14. The Labute approximate surface area is 282 Å². The molecule has 0 radical (unpaired) electrons. The number of rotatable bonds is 4. The van der Waals surface area contributed by atoms with Gasteiger partial charge in [0.1, 0.15) is 11.2 Å². The number of nitrogens with zero attached hydrogens (tertiary/aromatic N) is 3. The number of hydrogen-bond donors (Lipinski definition) is 0. The van der Waals surface area contributed by atoms with E-state index in [2.05, 4.69) is 133 Å². The van der Waals surface area contributed by atoms with Crippen LogP contribution in [0.4, 0.5) is 0 Å². The first-order valence-electron chi connectivity index (χ1n) is 16.4. The van der Waals surface area contributed by atoms with E-state index in [1.165, 1.54) is 21.9 Å². The zero-order chi connectivity index (χ0) is 32.3. The highest BCUT2D eigenvalue weighted by Crippen LogP contribution is 2.39. The summed E-state index contributed by atoms with van der Waals surface area (Å²) in [5.74, 6) is 1.86. The number of furan rings is 1. The number of aromatic nitrogens is 3. The Morgan fingerprint density at radius 3 is 1.86 bits per heavy atom. The van der Waals surface area contributed by atoms with E-state index in [4.69, 9.17) is 19.4 Å². The molecule has 0 fully saturated rings. The van der Waals surface area contributed by atoms with E-state index in [0.29, 0.717) is 17.5 Å². The number of para-hydroxylation sites is 1. The number of fused-ring (bicyclic) bond motifs is 7. The first-order valence-corrected chi connectivity index (χ1v) is 16.4. The van der Waals surface area contributed by atoms with E-state index >= 15 is 0 Å². The molecule has 10 rings (SSSR count). The first-order chi connectivity index (χ1) is 24.3. The standard InChI is InChI=1S/C45H27N3O/c1-2-11-28(12-3-1)31-22-23-32-27-39(35-16-7-6-15-34(35)38(32)26-31)45-47-43(33-24-21-29-13-4-5-14-30(29)25-33)46-44(48-45)37-18-10-20-41-42(37)36-17-8-9-19-40(36)49-41/h1-27H. The highest BCUT2D eigenvalue weighted by atomic mass is 16.3. The first kappa shape index (κ1) is 27.5. The van der Waals surface area contributed by atoms with Crippen molar-refractivity contribution >= 4 is 54.3 Å². The fourth-order valence-corrected chi connectivity index (χ4v) is 7.13. The maximum Gasteiger partial charge on any atom is 0.164 e. The monoisotopic (exact) mass is 625 g/mol. The summed E-state index contributed by atoms with van der Waals surface area (Å²) >= 11 is 0. The average molecular weight is 626 g/mol. The number of hydrogen-bond acceptors (Lipinski definition) is 4. The van der Waals surface area contributed by atoms with Gasteiger partial charge in [-0.15, -0.1) is 0 Å². The third kappa shape index (κ3) is 4.57. The minimum Gasteiger partial charge on any atom is -0.456 e. The van der Waals surface area contributed by atoms with Gasteiger partial charge in [-0.05, 0) is 73.8 Å². The Morgan fingerprint density at radius 2 is 0.980 bits per heavy atom. The smallest absolute Gasteiger partial charge is 0.164 e. The summed E-state index contributed by atoms with van der Waals surface area (Å²) in [5, 5.41) is 8.91. The molecule has 0 amide bonds. The Kier molecular flexibility index (Phi) is 6.15. The Bertz CT molecular complexity index is 2890. The summed E-state index contributed by atoms with van der Waals surface area (Å²) in [4.78, 5) is 15.6. The molecule has 8 aromatic carbocycles. The normalized spacial score (nSPS) is 11.7. The minimum atomic E-state index is 0.605. The van der Waals surface area contributed by atoms with Crippen LogP contribution in [0.3, 0.4) is 0 Å². The van der Waals surface area contributed by atoms with Gasteiger partial charge in [0, 0.05) is 27.5 Å². The molecule has 0 saturated carbocycles. The summed E-state index contributed by atoms with van der Waals surface area (Å²) in [6.45, 7) is 0. The van der Waals surface area contributed by atoms with Crippen molar-refractivity contribution in [1.29, 1.82) is 0 Å². The van der Waals surface area contributed by atoms with E-state index in [9.17, 15) is 0 Å². The van der Waals surface area contributed by atoms with Crippen LogP contribution in [0.15, 0.2) is 168 Å². The molecule has 0 spiro atoms. The SMILES string of the molecule is c1ccc(-c2ccc3cc(-c4nc(-c5ccc6ccccc6c5)nc(-c5cccc6oc7ccccc7c56)n4)c4ccccc4c3c2)cc1. The largest absolute Gasteiger partial charge is 0.456 e. The summed E-state index contributed by atoms with van der Waals surface area (Å²) in [7, 11) is 0. The van der Waals surface area contributed by atoms with Gasteiger partial charge in [-0.3, -0.25) is 0 Å². The van der Waals surface area contributed by atoms with E-state index < -0.39 is 0 Å². The second-order valence-corrected chi connectivity index (χ2v) is 12.4. The Balaban J connectivity index is 1.25. The van der Waals surface area contributed by atoms with Crippen molar-refractivity contribution in [2.75, 3.05) is 0 Å². The van der Waals surface area contributed by atoms with Gasteiger partial charge in [0.2, 0.25) is 0 Å². The van der Waals surface area contributed by atoms with Crippen LogP contribution < -0.4 is 0 Å². The summed E-state index contributed by atoms with van der Waals surface area (Å²) in [6.07, 6.45) is 0. The second-order valence-electron chi connectivity index (χ2n) is 12.4. The minimum absolute atomic E-state index is 0.605. The van der Waals surface area contributed by atoms with Gasteiger partial charge in [0.05, 0.1) is 0 Å². The van der Waals surface area contributed by atoms with Crippen LogP contribution in [-0.2, 0) is 0 Å². The average Bonchev–Trinajstić information content (AvgIpc) is 3.56. The predicted octanol–water partition coefficient (Wildman–Crippen LogP) is 11.9. The molecule has 49 heavy (non-hydrogen) atoms. The van der Waals surface area contributed by atoms with Crippen molar-refractivity contribution in [3.63, 3.8) is 0 Å². The van der Waals surface area contributed by atoms with Crippen LogP contribution >= 0.6 is 0 Å². The zero-order valence-electron chi connectivity index (χ0n) is 26.3. The van der Waals surface area contributed by atoms with E-state index in [0.717, 1.165) is 60.2 Å². The summed E-state index contributed by atoms with van der Waals surface area (Å²) in [6, 6.07) is 57.0. The highest BCUT2D eigenvalue weighted by Gasteiger charge is 2.19. The molecule has 4 nitrogen and oxygen atoms in total. The molecule has 2 heterocycles. The Hall–Kier alpha value is -6.65. The lowest BCUT2D eigenvalue weighted by Crippen LogP contribution is -2.01. The molecule has 0 aliphatic rings. The van der Waals surface area contributed by atoms with Crippen molar-refractivity contribution in [3.8, 4) is 45.3 Å². The van der Waals surface area contributed by atoms with Crippen LogP contribution in [0.5, 0.6) is 0 Å². The van der Waals surface area contributed by atoms with Gasteiger partial charge in [0.15, 0.2) is 17.5 Å². The topological polar surface area (TPSA) is 51.8 Å². The molecule has 0 aliphatic heterocycles. The number of benzene rings is 8. The van der Waals surface area contributed by atoms with Crippen LogP contribution in [0.1, 0.15) is 0 Å². The van der Waals surface area contributed by atoms with Crippen molar-refractivity contribution in [2.24, 2.45) is 0 Å². The third-order valence-corrected chi connectivity index (χ3v) is 9.50. The molecule has 228 valence electrons. The van der Waals surface area contributed by atoms with Crippen LogP contribution in [0.2, 0.25) is 0 Å². The van der Waals surface area contributed by atoms with E-state index in [1.807, 2.05) is 30.3 Å². The molecule has 0 saturated heterocycles. The molecule has 0 aliphatic carbocycles. The van der Waals surface area contributed by atoms with Crippen molar-refractivity contribution in [1.82, 2.24) is 15.0 Å². The molecule has 10 aromatic rings. The van der Waals surface area contributed by atoms with Crippen LogP contribution in [0, 0.1) is 0 Å². The quantitative estimate of drug-likeness (QED) is 0.183. The lowest BCUT2D eigenvalue weighted by atomic mass is 9.94. The van der Waals surface area contributed by atoms with Gasteiger partial charge in [-0.2, -0.15) is 0 Å².